The molecule has 0 aliphatic rings. The van der Waals surface area contributed by atoms with Crippen LogP contribution in [0.3, 0.4) is 0 Å². The zero-order chi connectivity index (χ0) is 9.14. The van der Waals surface area contributed by atoms with Crippen LogP contribution >= 0.6 is 0 Å². The summed E-state index contributed by atoms with van der Waals surface area (Å²) in [6, 6.07) is 4.38. The molecule has 0 heterocycles. The van der Waals surface area contributed by atoms with E-state index in [1.54, 1.807) is 13.8 Å². The molecule has 0 amide bonds. The Morgan fingerprint density at radius 2 is 2.00 bits per heavy atom. The van der Waals surface area contributed by atoms with E-state index in [0.717, 1.165) is 12.1 Å². The molecule has 0 fully saturated rings. The van der Waals surface area contributed by atoms with Gasteiger partial charge in [-0.15, -0.1) is 0 Å². The van der Waals surface area contributed by atoms with E-state index in [4.69, 9.17) is 4.74 Å². The van der Waals surface area contributed by atoms with Gasteiger partial charge in [-0.1, -0.05) is 0 Å². The Kier molecular flexibility index (Phi) is 2.63. The molecule has 12 heavy (non-hydrogen) atoms. The lowest BCUT2D eigenvalue weighted by Crippen LogP contribution is -2.05. The molecule has 3 heteroatoms. The Morgan fingerprint density at radius 3 is 2.50 bits per heavy atom. The second-order valence-electron chi connectivity index (χ2n) is 2.66. The largest absolute Gasteiger partial charge is 0.490 e. The molecule has 0 spiro atoms. The van der Waals surface area contributed by atoms with E-state index in [0.29, 0.717) is 0 Å². The van der Waals surface area contributed by atoms with Crippen LogP contribution in [-0.4, -0.2) is 6.10 Å². The molecule has 0 saturated heterocycles. The molecule has 0 unspecified atom stereocenters. The molecule has 65 valence electrons. The van der Waals surface area contributed by atoms with Crippen LogP contribution in [0.4, 0.5) is 8.78 Å². The van der Waals surface area contributed by atoms with E-state index in [1.807, 2.05) is 0 Å². The minimum atomic E-state index is -0.913. The predicted molar refractivity (Wildman–Crippen MR) is 41.0 cm³/mol. The van der Waals surface area contributed by atoms with Gasteiger partial charge in [0.15, 0.2) is 11.6 Å². The molecule has 1 radical (unpaired) electrons. The number of halogens is 2. The second-order valence-corrected chi connectivity index (χ2v) is 2.66. The molecule has 0 N–H and O–H groups in total. The minimum absolute atomic E-state index is 0.0638. The molecular weight excluding hydrogens is 162 g/mol. The van der Waals surface area contributed by atoms with Crippen molar-refractivity contribution in [2.45, 2.75) is 20.0 Å². The Bertz CT molecular complexity index is 271. The number of hydrogen-bond donors (Lipinski definition) is 0. The highest BCUT2D eigenvalue weighted by Gasteiger charge is 2.04. The van der Waals surface area contributed by atoms with Crippen LogP contribution in [0.5, 0.6) is 5.75 Å². The lowest BCUT2D eigenvalue weighted by molar-refractivity contribution is 0.240. The van der Waals surface area contributed by atoms with E-state index < -0.39 is 11.6 Å². The van der Waals surface area contributed by atoms with Crippen molar-refractivity contribution < 1.29 is 13.5 Å². The van der Waals surface area contributed by atoms with Crippen LogP contribution < -0.4 is 4.74 Å². The van der Waals surface area contributed by atoms with Crippen molar-refractivity contribution in [2.75, 3.05) is 0 Å². The van der Waals surface area contributed by atoms with Crippen LogP contribution in [-0.2, 0) is 0 Å². The molecule has 0 aliphatic heterocycles. The van der Waals surface area contributed by atoms with Gasteiger partial charge in [-0.25, -0.2) is 8.78 Å². The van der Waals surface area contributed by atoms with Crippen molar-refractivity contribution in [3.8, 4) is 5.75 Å². The first kappa shape index (κ1) is 8.97. The zero-order valence-corrected chi connectivity index (χ0v) is 6.90. The molecule has 1 aromatic rings. The molecule has 0 saturated carbocycles. The number of hydrogen-bond acceptors (Lipinski definition) is 1. The van der Waals surface area contributed by atoms with Crippen LogP contribution in [0.1, 0.15) is 13.8 Å². The maximum atomic E-state index is 12.6. The van der Waals surface area contributed by atoms with Crippen molar-refractivity contribution >= 4 is 0 Å². The van der Waals surface area contributed by atoms with Gasteiger partial charge in [-0.2, -0.15) is 0 Å². The van der Waals surface area contributed by atoms with Gasteiger partial charge in [-0.05, 0) is 19.9 Å². The second kappa shape index (κ2) is 3.52. The summed E-state index contributed by atoms with van der Waals surface area (Å²) in [4.78, 5) is 0. The fourth-order valence-corrected chi connectivity index (χ4v) is 0.751. The molecule has 1 nitrogen and oxygen atoms in total. The third-order valence-corrected chi connectivity index (χ3v) is 1.19. The third-order valence-electron chi connectivity index (χ3n) is 1.19. The van der Waals surface area contributed by atoms with Crippen LogP contribution in [0.25, 0.3) is 0 Å². The normalized spacial score (nSPS) is 10.4. The summed E-state index contributed by atoms with van der Waals surface area (Å²) in [5, 5.41) is 0. The van der Waals surface area contributed by atoms with Gasteiger partial charge in [0.1, 0.15) is 5.75 Å². The smallest absolute Gasteiger partial charge is 0.162 e. The molecule has 0 bridgehead atoms. The standard InChI is InChI=1S/C9H9F2O/c1-6(2)12-7-3-4-8(10)9(11)5-7/h4-6H,1-2H3. The van der Waals surface area contributed by atoms with Crippen molar-refractivity contribution in [1.29, 1.82) is 0 Å². The van der Waals surface area contributed by atoms with E-state index in [-0.39, 0.29) is 11.9 Å². The summed E-state index contributed by atoms with van der Waals surface area (Å²) >= 11 is 0. The maximum absolute atomic E-state index is 12.6. The summed E-state index contributed by atoms with van der Waals surface area (Å²) in [6.45, 7) is 3.60. The summed E-state index contributed by atoms with van der Waals surface area (Å²) in [5.74, 6) is -1.60. The highest BCUT2D eigenvalue weighted by molar-refractivity contribution is 5.22. The monoisotopic (exact) mass is 171 g/mol. The topological polar surface area (TPSA) is 9.23 Å². The Morgan fingerprint density at radius 1 is 1.33 bits per heavy atom. The first-order valence-corrected chi connectivity index (χ1v) is 3.63. The summed E-state index contributed by atoms with van der Waals surface area (Å²) in [7, 11) is 0. The first-order chi connectivity index (χ1) is 5.59. The van der Waals surface area contributed by atoms with Crippen LogP contribution in [0.15, 0.2) is 12.1 Å². The van der Waals surface area contributed by atoms with Gasteiger partial charge >= 0.3 is 0 Å². The lowest BCUT2D eigenvalue weighted by Gasteiger charge is -2.08. The fourth-order valence-electron chi connectivity index (χ4n) is 0.751. The number of rotatable bonds is 2. The SMILES string of the molecule is CC(C)Oc1[c]cc(F)c(F)c1. The van der Waals surface area contributed by atoms with Crippen molar-refractivity contribution in [3.63, 3.8) is 0 Å². The quantitative estimate of drug-likeness (QED) is 0.664. The zero-order valence-electron chi connectivity index (χ0n) is 6.90. The van der Waals surface area contributed by atoms with E-state index in [9.17, 15) is 8.78 Å². The van der Waals surface area contributed by atoms with Gasteiger partial charge in [0, 0.05) is 12.1 Å². The van der Waals surface area contributed by atoms with Gasteiger partial charge in [0.2, 0.25) is 0 Å². The molecular formula is C9H9F2O. The highest BCUT2D eigenvalue weighted by Crippen LogP contribution is 2.15. The number of ether oxygens (including phenoxy) is 1. The van der Waals surface area contributed by atoms with Crippen molar-refractivity contribution in [3.05, 3.63) is 29.8 Å². The Balaban J connectivity index is 2.82. The van der Waals surface area contributed by atoms with Crippen molar-refractivity contribution in [1.82, 2.24) is 0 Å². The van der Waals surface area contributed by atoms with Gasteiger partial charge in [-0.3, -0.25) is 0 Å². The Labute approximate surface area is 70.0 Å². The maximum Gasteiger partial charge on any atom is 0.162 e. The number of benzene rings is 1. The summed E-state index contributed by atoms with van der Waals surface area (Å²) in [6.07, 6.45) is -0.0638. The van der Waals surface area contributed by atoms with Crippen LogP contribution in [0, 0.1) is 17.7 Å². The predicted octanol–water partition coefficient (Wildman–Crippen LogP) is 2.55. The van der Waals surface area contributed by atoms with Gasteiger partial charge in [0.05, 0.1) is 6.10 Å². The van der Waals surface area contributed by atoms with E-state index >= 15 is 0 Å². The summed E-state index contributed by atoms with van der Waals surface area (Å²) < 4.78 is 30.0. The third kappa shape index (κ3) is 2.19. The van der Waals surface area contributed by atoms with Gasteiger partial charge in [0.25, 0.3) is 0 Å². The highest BCUT2D eigenvalue weighted by atomic mass is 19.2. The Hall–Kier alpha value is -1.12. The fraction of sp³-hybridized carbons (Fsp3) is 0.333. The minimum Gasteiger partial charge on any atom is -0.490 e. The average Bonchev–Trinajstić information content (AvgIpc) is 1.96. The molecule has 0 aromatic heterocycles. The van der Waals surface area contributed by atoms with E-state index in [1.165, 1.54) is 0 Å². The first-order valence-electron chi connectivity index (χ1n) is 3.63. The van der Waals surface area contributed by atoms with Crippen LogP contribution in [0.2, 0.25) is 0 Å². The summed E-state index contributed by atoms with van der Waals surface area (Å²) in [5.41, 5.74) is 0. The van der Waals surface area contributed by atoms with Gasteiger partial charge < -0.3 is 4.74 Å². The molecule has 1 rings (SSSR count). The lowest BCUT2D eigenvalue weighted by atomic mass is 10.3. The van der Waals surface area contributed by atoms with Crippen molar-refractivity contribution in [2.24, 2.45) is 0 Å². The average molecular weight is 171 g/mol. The molecule has 1 aromatic carbocycles. The molecule has 0 atom stereocenters. The molecule has 0 aliphatic carbocycles. The van der Waals surface area contributed by atoms with E-state index in [2.05, 4.69) is 6.07 Å².